The van der Waals surface area contributed by atoms with Crippen molar-refractivity contribution >= 4 is 55.7 Å². The number of rotatable bonds is 5. The number of anilines is 6. The third-order valence-corrected chi connectivity index (χ3v) is 18.3. The monoisotopic (exact) mass is 996 g/mol. The van der Waals surface area contributed by atoms with E-state index in [2.05, 4.69) is 280 Å². The van der Waals surface area contributed by atoms with Gasteiger partial charge in [-0.3, -0.25) is 0 Å². The van der Waals surface area contributed by atoms with E-state index in [9.17, 15) is 0 Å². The molecule has 0 fully saturated rings. The fourth-order valence-corrected chi connectivity index (χ4v) is 14.5. The highest BCUT2D eigenvalue weighted by molar-refractivity contribution is 6.24. The van der Waals surface area contributed by atoms with Crippen molar-refractivity contribution in [2.45, 2.75) is 51.4 Å². The first kappa shape index (κ1) is 45.0. The van der Waals surface area contributed by atoms with Gasteiger partial charge in [-0.05, 0) is 182 Å². The average Bonchev–Trinajstić information content (AvgIpc) is 4.02. The van der Waals surface area contributed by atoms with Crippen LogP contribution in [0.15, 0.2) is 243 Å². The van der Waals surface area contributed by atoms with E-state index in [4.69, 9.17) is 0 Å². The third-order valence-electron chi connectivity index (χ3n) is 18.3. The van der Waals surface area contributed by atoms with E-state index >= 15 is 0 Å². The summed E-state index contributed by atoms with van der Waals surface area (Å²) in [6.45, 7) is 9.59. The summed E-state index contributed by atoms with van der Waals surface area (Å²) in [5.41, 5.74) is 30.5. The van der Waals surface area contributed by atoms with Crippen molar-refractivity contribution in [1.29, 1.82) is 0 Å². The molecule has 16 rings (SSSR count). The lowest BCUT2D eigenvalue weighted by molar-refractivity contribution is 0.660. The molecule has 2 heterocycles. The zero-order valence-corrected chi connectivity index (χ0v) is 44.4. The maximum Gasteiger partial charge on any atom is 0.0497 e. The van der Waals surface area contributed by atoms with Gasteiger partial charge in [0.25, 0.3) is 0 Å². The standard InChI is InChI=1S/C76H56N2/c1-75(2)65-27-13-11-24-56(65)58-37-33-47(43-67(58)75)55-23-9-10-26-60(55)74-62-40-36-53(77-69-29-15-5-19-48(69)41-49-20-6-16-30-70(49)77)45-63(62)73(52-34-38-59-57-25-12-14-28-66(57)76(3,4)68(59)44-52)61-39-35-54(46-64(61)74)78-71-31-17-7-21-50(71)42-51-22-8-18-32-72(51)78/h5-40,43-46H,41-42H2,1-4H3. The summed E-state index contributed by atoms with van der Waals surface area (Å²) < 4.78 is 0. The van der Waals surface area contributed by atoms with Gasteiger partial charge in [0.15, 0.2) is 0 Å². The maximum atomic E-state index is 2.53. The Balaban J connectivity index is 1.02. The summed E-state index contributed by atoms with van der Waals surface area (Å²) in [5.74, 6) is 0. The van der Waals surface area contributed by atoms with Crippen LogP contribution in [0.3, 0.4) is 0 Å². The molecule has 0 unspecified atom stereocenters. The van der Waals surface area contributed by atoms with Crippen LogP contribution in [0.25, 0.3) is 77.2 Å². The first-order valence-corrected chi connectivity index (χ1v) is 27.7. The van der Waals surface area contributed by atoms with E-state index in [-0.39, 0.29) is 10.8 Å². The minimum atomic E-state index is -0.174. The fourth-order valence-electron chi connectivity index (χ4n) is 14.5. The average molecular weight is 997 g/mol. The largest absolute Gasteiger partial charge is 0.310 e. The fraction of sp³-hybridized carbons (Fsp3) is 0.105. The van der Waals surface area contributed by atoms with Gasteiger partial charge >= 0.3 is 0 Å². The van der Waals surface area contributed by atoms with Crippen LogP contribution in [-0.4, -0.2) is 0 Å². The number of hydrogen-bond acceptors (Lipinski definition) is 2. The van der Waals surface area contributed by atoms with Crippen LogP contribution in [0.4, 0.5) is 34.1 Å². The SMILES string of the molecule is CC1(C)c2ccccc2-c2ccc(-c3ccccc3-c3c4ccc(N5c6ccccc6Cc6ccccc65)cc4c(-c4ccc5c(c4)C(C)(C)c4ccccc4-5)c4ccc(N5c6ccccc6Cc6ccccc65)cc34)cc21. The molecule has 2 aliphatic carbocycles. The minimum absolute atomic E-state index is 0.137. The van der Waals surface area contributed by atoms with E-state index < -0.39 is 0 Å². The molecule has 0 aromatic heterocycles. The normalized spacial score (nSPS) is 14.7. The number of nitrogens with zero attached hydrogens (tertiary/aromatic N) is 2. The molecule has 4 aliphatic rings. The quantitative estimate of drug-likeness (QED) is 0.159. The lowest BCUT2D eigenvalue weighted by Crippen LogP contribution is -2.18. The van der Waals surface area contributed by atoms with E-state index in [1.165, 1.54) is 144 Å². The van der Waals surface area contributed by atoms with Crippen molar-refractivity contribution in [2.75, 3.05) is 9.80 Å². The van der Waals surface area contributed by atoms with Crippen LogP contribution in [0.5, 0.6) is 0 Å². The molecule has 370 valence electrons. The Hall–Kier alpha value is -9.24. The van der Waals surface area contributed by atoms with Gasteiger partial charge in [-0.15, -0.1) is 0 Å². The Kier molecular flexibility index (Phi) is 9.59. The molecule has 0 atom stereocenters. The topological polar surface area (TPSA) is 6.48 Å². The summed E-state index contributed by atoms with van der Waals surface area (Å²) in [7, 11) is 0. The number of para-hydroxylation sites is 4. The molecule has 0 N–H and O–H groups in total. The van der Waals surface area contributed by atoms with E-state index in [1.807, 2.05) is 0 Å². The second-order valence-electron chi connectivity index (χ2n) is 23.2. The van der Waals surface area contributed by atoms with Gasteiger partial charge in [0.2, 0.25) is 0 Å². The minimum Gasteiger partial charge on any atom is -0.310 e. The Morgan fingerprint density at radius 2 is 0.628 bits per heavy atom. The van der Waals surface area contributed by atoms with Gasteiger partial charge < -0.3 is 9.80 Å². The molecule has 0 saturated heterocycles. The van der Waals surface area contributed by atoms with E-state index in [0.29, 0.717) is 0 Å². The van der Waals surface area contributed by atoms with Crippen molar-refractivity contribution in [2.24, 2.45) is 0 Å². The van der Waals surface area contributed by atoms with Gasteiger partial charge in [0, 0.05) is 57.8 Å². The molecular formula is C76H56N2. The molecule has 0 amide bonds. The highest BCUT2D eigenvalue weighted by Crippen LogP contribution is 2.56. The van der Waals surface area contributed by atoms with Crippen molar-refractivity contribution in [3.8, 4) is 55.6 Å². The molecule has 12 aromatic carbocycles. The van der Waals surface area contributed by atoms with Crippen LogP contribution in [0.2, 0.25) is 0 Å². The van der Waals surface area contributed by atoms with Crippen LogP contribution in [-0.2, 0) is 23.7 Å². The summed E-state index contributed by atoms with van der Waals surface area (Å²) in [6.07, 6.45) is 1.81. The van der Waals surface area contributed by atoms with Crippen LogP contribution in [0, 0.1) is 0 Å². The highest BCUT2D eigenvalue weighted by atomic mass is 15.2. The molecule has 2 heteroatoms. The lowest BCUT2D eigenvalue weighted by Gasteiger charge is -2.34. The Labute approximate surface area is 457 Å². The Morgan fingerprint density at radius 3 is 1.12 bits per heavy atom. The molecule has 0 saturated carbocycles. The Bertz CT molecular complexity index is 4440. The zero-order valence-electron chi connectivity index (χ0n) is 44.4. The maximum absolute atomic E-state index is 2.53. The molecule has 0 spiro atoms. The van der Waals surface area contributed by atoms with Crippen LogP contribution in [0.1, 0.15) is 72.2 Å². The van der Waals surface area contributed by atoms with Gasteiger partial charge in [0.05, 0.1) is 0 Å². The zero-order chi connectivity index (χ0) is 52.0. The predicted molar refractivity (Wildman–Crippen MR) is 328 cm³/mol. The van der Waals surface area contributed by atoms with Gasteiger partial charge in [-0.1, -0.05) is 210 Å². The van der Waals surface area contributed by atoms with Gasteiger partial charge in [0.1, 0.15) is 0 Å². The van der Waals surface area contributed by atoms with Gasteiger partial charge in [-0.2, -0.15) is 0 Å². The van der Waals surface area contributed by atoms with Crippen molar-refractivity contribution in [3.05, 3.63) is 287 Å². The van der Waals surface area contributed by atoms with Crippen molar-refractivity contribution in [3.63, 3.8) is 0 Å². The van der Waals surface area contributed by atoms with Crippen LogP contribution < -0.4 is 9.80 Å². The summed E-state index contributed by atoms with van der Waals surface area (Å²) in [4.78, 5) is 5.02. The summed E-state index contributed by atoms with van der Waals surface area (Å²) in [6, 6.07) is 92.4. The van der Waals surface area contributed by atoms with Crippen molar-refractivity contribution < 1.29 is 0 Å². The second-order valence-corrected chi connectivity index (χ2v) is 23.2. The molecule has 12 aromatic rings. The van der Waals surface area contributed by atoms with E-state index in [1.54, 1.807) is 0 Å². The third kappa shape index (κ3) is 6.44. The molecule has 2 aliphatic heterocycles. The van der Waals surface area contributed by atoms with Crippen molar-refractivity contribution in [1.82, 2.24) is 0 Å². The molecule has 78 heavy (non-hydrogen) atoms. The van der Waals surface area contributed by atoms with E-state index in [0.717, 1.165) is 24.2 Å². The molecular weight excluding hydrogens is 941 g/mol. The first-order valence-electron chi connectivity index (χ1n) is 27.7. The summed E-state index contributed by atoms with van der Waals surface area (Å²) >= 11 is 0. The smallest absolute Gasteiger partial charge is 0.0497 e. The Morgan fingerprint density at radius 1 is 0.269 bits per heavy atom. The summed E-state index contributed by atoms with van der Waals surface area (Å²) in [5, 5.41) is 4.90. The molecule has 2 nitrogen and oxygen atoms in total. The van der Waals surface area contributed by atoms with Gasteiger partial charge in [-0.25, -0.2) is 0 Å². The second kappa shape index (κ2) is 16.6. The highest BCUT2D eigenvalue weighted by Gasteiger charge is 2.38. The number of hydrogen-bond donors (Lipinski definition) is 0. The number of fused-ring (bicyclic) bond motifs is 12. The molecule has 0 radical (unpaired) electrons. The predicted octanol–water partition coefficient (Wildman–Crippen LogP) is 20.4. The number of benzene rings is 12. The molecule has 0 bridgehead atoms. The van der Waals surface area contributed by atoms with Crippen LogP contribution >= 0.6 is 0 Å². The first-order chi connectivity index (χ1) is 38.2. The lowest BCUT2D eigenvalue weighted by atomic mass is 9.79.